The number of fused-ring (bicyclic) bond motifs is 1. The molecule has 1 aliphatic rings. The summed E-state index contributed by atoms with van der Waals surface area (Å²) >= 11 is 8.56. The molecule has 1 aliphatic heterocycles. The zero-order valence-corrected chi connectivity index (χ0v) is 18.6. The van der Waals surface area contributed by atoms with Crippen molar-refractivity contribution in [1.82, 2.24) is 24.8 Å². The van der Waals surface area contributed by atoms with Crippen molar-refractivity contribution in [1.29, 1.82) is 0 Å². The molecule has 3 aromatic rings. The van der Waals surface area contributed by atoms with E-state index < -0.39 is 30.4 Å². The van der Waals surface area contributed by atoms with Crippen molar-refractivity contribution in [2.24, 2.45) is 0 Å². The lowest BCUT2D eigenvalue weighted by Crippen LogP contribution is -2.41. The van der Waals surface area contributed by atoms with Gasteiger partial charge in [-0.3, -0.25) is 9.36 Å². The number of nitrogens with zero attached hydrogens (tertiary/aromatic N) is 4. The Morgan fingerprint density at radius 3 is 2.87 bits per heavy atom. The highest BCUT2D eigenvalue weighted by atomic mass is 127. The van der Waals surface area contributed by atoms with E-state index in [4.69, 9.17) is 16.3 Å². The summed E-state index contributed by atoms with van der Waals surface area (Å²) in [6, 6.07) is 8.00. The molecule has 0 radical (unpaired) electrons. The number of aliphatic hydroxyl groups excluding tert-OH is 2. The normalized spacial score (nSPS) is 23.6. The van der Waals surface area contributed by atoms with Gasteiger partial charge in [0.2, 0.25) is 5.28 Å². The van der Waals surface area contributed by atoms with Gasteiger partial charge in [-0.2, -0.15) is 0 Å². The molecule has 2 aromatic heterocycles. The quantitative estimate of drug-likeness (QED) is 0.277. The van der Waals surface area contributed by atoms with Gasteiger partial charge >= 0.3 is 0 Å². The maximum atomic E-state index is 11.9. The van der Waals surface area contributed by atoms with E-state index in [2.05, 4.69) is 48.2 Å². The number of likely N-dealkylation sites (N-methyl/N-ethyl adjacent to an activating group) is 1. The zero-order valence-electron chi connectivity index (χ0n) is 15.7. The minimum atomic E-state index is -1.43. The van der Waals surface area contributed by atoms with E-state index in [1.54, 1.807) is 0 Å². The van der Waals surface area contributed by atoms with Gasteiger partial charge in [0.15, 0.2) is 29.3 Å². The molecular weight excluding hydrogens is 527 g/mol. The molecular formula is C18H18ClIN6O4. The third-order valence-corrected chi connectivity index (χ3v) is 5.72. The highest BCUT2D eigenvalue weighted by molar-refractivity contribution is 14.1. The summed E-state index contributed by atoms with van der Waals surface area (Å²) in [5.74, 6) is -0.102. The van der Waals surface area contributed by atoms with Gasteiger partial charge in [-0.15, -0.1) is 0 Å². The standard InChI is InChI=1S/C18H18ClIN6O4/c1-21-16(29)13-11(27)12(28)17(30-13)26-15-10(25-18(26)19)14(23-7-24-15)22-6-8-3-2-4-9(20)5-8/h2-5,7,11-13,17,27-28H,6H2,1H3,(H,21,29)(H,22,23,24)/t11-,12+,13-,17+/m0/s1. The number of hydrogen-bond acceptors (Lipinski definition) is 8. The Labute approximate surface area is 189 Å². The largest absolute Gasteiger partial charge is 0.387 e. The predicted octanol–water partition coefficient (Wildman–Crippen LogP) is 1.06. The number of imidazole rings is 1. The highest BCUT2D eigenvalue weighted by Crippen LogP contribution is 2.35. The Kier molecular flexibility index (Phi) is 6.06. The number of benzene rings is 1. The summed E-state index contributed by atoms with van der Waals surface area (Å²) in [4.78, 5) is 24.7. The number of rotatable bonds is 5. The van der Waals surface area contributed by atoms with Gasteiger partial charge in [-0.1, -0.05) is 12.1 Å². The molecule has 30 heavy (non-hydrogen) atoms. The van der Waals surface area contributed by atoms with Crippen LogP contribution in [0.15, 0.2) is 30.6 Å². The van der Waals surface area contributed by atoms with Crippen LogP contribution in [0, 0.1) is 3.57 Å². The molecule has 4 rings (SSSR count). The van der Waals surface area contributed by atoms with Gasteiger partial charge in [0.05, 0.1) is 0 Å². The van der Waals surface area contributed by atoms with Crippen LogP contribution in [0.4, 0.5) is 5.82 Å². The maximum absolute atomic E-state index is 11.9. The van der Waals surface area contributed by atoms with E-state index in [0.29, 0.717) is 23.5 Å². The minimum Gasteiger partial charge on any atom is -0.387 e. The number of ether oxygens (including phenoxy) is 1. The van der Waals surface area contributed by atoms with E-state index >= 15 is 0 Å². The van der Waals surface area contributed by atoms with Gasteiger partial charge in [0, 0.05) is 17.2 Å². The van der Waals surface area contributed by atoms with Crippen molar-refractivity contribution in [2.45, 2.75) is 31.1 Å². The van der Waals surface area contributed by atoms with Crippen LogP contribution in [0.25, 0.3) is 11.2 Å². The number of nitrogens with one attached hydrogen (secondary N) is 2. The fraction of sp³-hybridized carbons (Fsp3) is 0.333. The summed E-state index contributed by atoms with van der Waals surface area (Å²) in [6.45, 7) is 0.507. The van der Waals surface area contributed by atoms with E-state index in [9.17, 15) is 15.0 Å². The first-order valence-electron chi connectivity index (χ1n) is 9.00. The number of halogens is 2. The minimum absolute atomic E-state index is 0.0170. The fourth-order valence-corrected chi connectivity index (χ4v) is 4.17. The van der Waals surface area contributed by atoms with Crippen molar-refractivity contribution in [2.75, 3.05) is 12.4 Å². The van der Waals surface area contributed by atoms with E-state index in [1.807, 2.05) is 24.3 Å². The Morgan fingerprint density at radius 1 is 1.33 bits per heavy atom. The third-order valence-electron chi connectivity index (χ3n) is 4.78. The summed E-state index contributed by atoms with van der Waals surface area (Å²) in [7, 11) is 1.41. The van der Waals surface area contributed by atoms with Crippen molar-refractivity contribution in [3.8, 4) is 0 Å². The summed E-state index contributed by atoms with van der Waals surface area (Å²) < 4.78 is 8.05. The second-order valence-electron chi connectivity index (χ2n) is 6.67. The lowest BCUT2D eigenvalue weighted by molar-refractivity contribution is -0.137. The van der Waals surface area contributed by atoms with E-state index in [0.717, 1.165) is 9.13 Å². The number of carbonyl (C=O) groups is 1. The predicted molar refractivity (Wildman–Crippen MR) is 117 cm³/mol. The molecule has 4 N–H and O–H groups in total. The molecule has 0 aliphatic carbocycles. The SMILES string of the molecule is CNC(=O)[C@H]1O[C@@H](n2c(Cl)nc3c(NCc4cccc(I)c4)ncnc32)[C@H](O)[C@@H]1O. The van der Waals surface area contributed by atoms with Crippen LogP contribution in [0.1, 0.15) is 11.8 Å². The number of amides is 1. The lowest BCUT2D eigenvalue weighted by atomic mass is 10.1. The summed E-state index contributed by atoms with van der Waals surface area (Å²) in [5.41, 5.74) is 1.74. The molecule has 0 saturated carbocycles. The molecule has 1 amide bonds. The second kappa shape index (κ2) is 8.59. The first-order valence-corrected chi connectivity index (χ1v) is 10.5. The molecule has 1 aromatic carbocycles. The van der Waals surface area contributed by atoms with Crippen LogP contribution in [-0.2, 0) is 16.1 Å². The first kappa shape index (κ1) is 21.2. The number of carbonyl (C=O) groups excluding carboxylic acids is 1. The Hall–Kier alpha value is -2.06. The topological polar surface area (TPSA) is 134 Å². The molecule has 0 bridgehead atoms. The molecule has 1 saturated heterocycles. The second-order valence-corrected chi connectivity index (χ2v) is 8.26. The molecule has 3 heterocycles. The van der Waals surface area contributed by atoms with E-state index in [1.165, 1.54) is 17.9 Å². The molecule has 158 valence electrons. The lowest BCUT2D eigenvalue weighted by Gasteiger charge is -2.17. The van der Waals surface area contributed by atoms with Gasteiger partial charge in [0.25, 0.3) is 5.91 Å². The zero-order chi connectivity index (χ0) is 21.4. The number of hydrogen-bond donors (Lipinski definition) is 4. The average molecular weight is 545 g/mol. The molecule has 1 fully saturated rings. The molecule has 4 atom stereocenters. The number of aliphatic hydroxyl groups is 2. The smallest absolute Gasteiger partial charge is 0.251 e. The van der Waals surface area contributed by atoms with Gasteiger partial charge in [-0.25, -0.2) is 15.0 Å². The van der Waals surface area contributed by atoms with Crippen molar-refractivity contribution in [3.63, 3.8) is 0 Å². The fourth-order valence-electron chi connectivity index (χ4n) is 3.30. The van der Waals surface area contributed by atoms with Crippen LogP contribution in [-0.4, -0.2) is 61.0 Å². The third kappa shape index (κ3) is 3.83. The molecule has 0 unspecified atom stereocenters. The maximum Gasteiger partial charge on any atom is 0.251 e. The van der Waals surface area contributed by atoms with Gasteiger partial charge < -0.3 is 25.6 Å². The number of anilines is 1. The van der Waals surface area contributed by atoms with Crippen molar-refractivity contribution >= 4 is 57.1 Å². The summed E-state index contributed by atoms with van der Waals surface area (Å²) in [6.07, 6.45) is -3.88. The average Bonchev–Trinajstić information content (AvgIpc) is 3.22. The van der Waals surface area contributed by atoms with Crippen LogP contribution < -0.4 is 10.6 Å². The first-order chi connectivity index (χ1) is 14.4. The van der Waals surface area contributed by atoms with Crippen molar-refractivity contribution < 1.29 is 19.7 Å². The van der Waals surface area contributed by atoms with Crippen LogP contribution >= 0.6 is 34.2 Å². The summed E-state index contributed by atoms with van der Waals surface area (Å²) in [5, 5.41) is 26.3. The molecule has 12 heteroatoms. The van der Waals surface area contributed by atoms with Gasteiger partial charge in [-0.05, 0) is 51.9 Å². The Bertz CT molecular complexity index is 1100. The van der Waals surface area contributed by atoms with Crippen LogP contribution in [0.3, 0.4) is 0 Å². The Balaban J connectivity index is 1.65. The molecule has 10 nitrogen and oxygen atoms in total. The van der Waals surface area contributed by atoms with Crippen LogP contribution in [0.5, 0.6) is 0 Å². The highest BCUT2D eigenvalue weighted by Gasteiger charge is 2.48. The van der Waals surface area contributed by atoms with Gasteiger partial charge in [0.1, 0.15) is 18.5 Å². The Morgan fingerprint density at radius 2 is 2.13 bits per heavy atom. The van der Waals surface area contributed by atoms with Crippen LogP contribution in [0.2, 0.25) is 5.28 Å². The number of aromatic nitrogens is 4. The molecule has 0 spiro atoms. The van der Waals surface area contributed by atoms with E-state index in [-0.39, 0.29) is 5.28 Å². The monoisotopic (exact) mass is 544 g/mol. The van der Waals surface area contributed by atoms with Crippen molar-refractivity contribution in [3.05, 3.63) is 45.0 Å².